The Labute approximate surface area is 140 Å². The van der Waals surface area contributed by atoms with E-state index in [1.54, 1.807) is 12.4 Å². The number of nitrogens with one attached hydrogen (secondary N) is 1. The zero-order chi connectivity index (χ0) is 16.8. The van der Waals surface area contributed by atoms with Gasteiger partial charge < -0.3 is 10.1 Å². The molecular weight excluding hydrogens is 302 g/mol. The molecule has 1 N–H and O–H groups in total. The van der Waals surface area contributed by atoms with Gasteiger partial charge in [-0.25, -0.2) is 4.79 Å². The van der Waals surface area contributed by atoms with Crippen LogP contribution in [-0.2, 0) is 4.74 Å². The summed E-state index contributed by atoms with van der Waals surface area (Å²) in [5.41, 5.74) is 2.52. The molecular formula is C19H17N3O2. The highest BCUT2D eigenvalue weighted by Crippen LogP contribution is 2.27. The molecule has 2 heterocycles. The van der Waals surface area contributed by atoms with Crippen LogP contribution in [0.15, 0.2) is 84.8 Å². The van der Waals surface area contributed by atoms with Crippen LogP contribution in [-0.4, -0.2) is 22.8 Å². The minimum Gasteiger partial charge on any atom is -0.439 e. The van der Waals surface area contributed by atoms with Crippen LogP contribution in [0.3, 0.4) is 0 Å². The van der Waals surface area contributed by atoms with Gasteiger partial charge in [-0.3, -0.25) is 9.98 Å². The summed E-state index contributed by atoms with van der Waals surface area (Å²) in [6, 6.07) is 13.1. The van der Waals surface area contributed by atoms with E-state index in [9.17, 15) is 4.79 Å². The van der Waals surface area contributed by atoms with Crippen LogP contribution >= 0.6 is 0 Å². The molecule has 0 saturated carbocycles. The van der Waals surface area contributed by atoms with Crippen molar-refractivity contribution in [1.29, 1.82) is 0 Å². The van der Waals surface area contributed by atoms with Crippen molar-refractivity contribution in [1.82, 2.24) is 10.3 Å². The number of aliphatic imine (C=N–C) groups is 1. The van der Waals surface area contributed by atoms with Crippen molar-refractivity contribution in [3.8, 4) is 0 Å². The predicted octanol–water partition coefficient (Wildman–Crippen LogP) is 3.42. The highest BCUT2D eigenvalue weighted by Gasteiger charge is 2.33. The summed E-state index contributed by atoms with van der Waals surface area (Å²) in [5.74, 6) is 0. The third-order valence-corrected chi connectivity index (χ3v) is 3.62. The number of aromatic nitrogens is 1. The third-order valence-electron chi connectivity index (χ3n) is 3.62. The Morgan fingerprint density at radius 1 is 1.25 bits per heavy atom. The topological polar surface area (TPSA) is 63.6 Å². The van der Waals surface area contributed by atoms with E-state index in [4.69, 9.17) is 4.74 Å². The number of benzene rings is 1. The van der Waals surface area contributed by atoms with E-state index in [0.717, 1.165) is 11.1 Å². The number of nitrogens with zero attached hydrogens (tertiary/aromatic N) is 2. The molecule has 1 aromatic heterocycles. The molecule has 5 heteroatoms. The van der Waals surface area contributed by atoms with Gasteiger partial charge in [0.1, 0.15) is 0 Å². The van der Waals surface area contributed by atoms with Gasteiger partial charge in [0.05, 0.1) is 11.8 Å². The number of carbonyl (C=O) groups excluding carboxylic acids is 1. The monoisotopic (exact) mass is 319 g/mol. The van der Waals surface area contributed by atoms with Crippen LogP contribution in [0.5, 0.6) is 0 Å². The number of cyclic esters (lactones) is 1. The maximum absolute atomic E-state index is 11.7. The molecule has 1 aliphatic rings. The summed E-state index contributed by atoms with van der Waals surface area (Å²) < 4.78 is 5.38. The smallest absolute Gasteiger partial charge is 0.408 e. The molecule has 24 heavy (non-hydrogen) atoms. The molecule has 120 valence electrons. The first-order valence-electron chi connectivity index (χ1n) is 7.57. The molecule has 1 amide bonds. The Hall–Kier alpha value is -3.21. The molecule has 1 aliphatic heterocycles. The first kappa shape index (κ1) is 15.7. The van der Waals surface area contributed by atoms with Gasteiger partial charge in [0, 0.05) is 24.2 Å². The summed E-state index contributed by atoms with van der Waals surface area (Å²) in [4.78, 5) is 20.0. The maximum atomic E-state index is 11.7. The van der Waals surface area contributed by atoms with Gasteiger partial charge in [0.15, 0.2) is 6.10 Å². The number of amides is 1. The average molecular weight is 319 g/mol. The van der Waals surface area contributed by atoms with Crippen LogP contribution in [0.1, 0.15) is 17.2 Å². The van der Waals surface area contributed by atoms with Gasteiger partial charge in [-0.1, -0.05) is 43.0 Å². The molecule has 1 aromatic carbocycles. The fraction of sp³-hybridized carbons (Fsp3) is 0.105. The fourth-order valence-corrected chi connectivity index (χ4v) is 2.52. The largest absolute Gasteiger partial charge is 0.439 e. The van der Waals surface area contributed by atoms with E-state index in [-0.39, 0.29) is 12.1 Å². The van der Waals surface area contributed by atoms with Gasteiger partial charge >= 0.3 is 6.09 Å². The molecule has 3 rings (SSSR count). The number of hydrogen-bond acceptors (Lipinski definition) is 4. The lowest BCUT2D eigenvalue weighted by atomic mass is 10.0. The van der Waals surface area contributed by atoms with Crippen molar-refractivity contribution in [2.75, 3.05) is 0 Å². The normalized spacial score (nSPS) is 20.7. The van der Waals surface area contributed by atoms with Gasteiger partial charge in [0.25, 0.3) is 0 Å². The molecule has 0 unspecified atom stereocenters. The molecule has 0 radical (unpaired) electrons. The van der Waals surface area contributed by atoms with Crippen molar-refractivity contribution >= 4 is 11.8 Å². The minimum atomic E-state index is -0.429. The number of hydrogen-bond donors (Lipinski definition) is 1. The summed E-state index contributed by atoms with van der Waals surface area (Å²) in [5, 5.41) is 2.81. The van der Waals surface area contributed by atoms with Crippen LogP contribution in [0.4, 0.5) is 4.79 Å². The highest BCUT2D eigenvalue weighted by atomic mass is 16.6. The summed E-state index contributed by atoms with van der Waals surface area (Å²) in [6.07, 6.45) is 7.83. The van der Waals surface area contributed by atoms with Crippen molar-refractivity contribution in [3.63, 3.8) is 0 Å². The van der Waals surface area contributed by atoms with Crippen LogP contribution in [0, 0.1) is 0 Å². The number of rotatable bonds is 5. The Morgan fingerprint density at radius 2 is 2.08 bits per heavy atom. The zero-order valence-electron chi connectivity index (χ0n) is 13.0. The Morgan fingerprint density at radius 3 is 2.79 bits per heavy atom. The second kappa shape index (κ2) is 7.37. The Balaban J connectivity index is 1.84. The molecule has 1 fully saturated rings. The van der Waals surface area contributed by atoms with E-state index >= 15 is 0 Å². The standard InChI is InChI=1S/C19H17N3O2/c1-2-21-16(15-9-6-12-20-13-15)10-11-17-18(24-19(23)22-17)14-7-4-3-5-8-14/h2-13,17-18H,1H2,(H,22,23)/b11-10+,21-16?/t17-,18-/m1/s1. The number of alkyl carbamates (subject to hydrolysis) is 1. The van der Waals surface area contributed by atoms with Gasteiger partial charge in [0.2, 0.25) is 0 Å². The number of ether oxygens (including phenoxy) is 1. The summed E-state index contributed by atoms with van der Waals surface area (Å²) in [7, 11) is 0. The Bertz CT molecular complexity index is 770. The van der Waals surface area contributed by atoms with Crippen LogP contribution in [0.2, 0.25) is 0 Å². The van der Waals surface area contributed by atoms with Gasteiger partial charge in [-0.2, -0.15) is 0 Å². The van der Waals surface area contributed by atoms with Crippen molar-refractivity contribution in [3.05, 3.63) is 90.9 Å². The second-order valence-corrected chi connectivity index (χ2v) is 5.20. The highest BCUT2D eigenvalue weighted by molar-refractivity contribution is 6.08. The predicted molar refractivity (Wildman–Crippen MR) is 92.7 cm³/mol. The lowest BCUT2D eigenvalue weighted by molar-refractivity contribution is 0.136. The molecule has 0 spiro atoms. The van der Waals surface area contributed by atoms with Crippen LogP contribution < -0.4 is 5.32 Å². The average Bonchev–Trinajstić information content (AvgIpc) is 3.01. The minimum absolute atomic E-state index is 0.272. The SMILES string of the molecule is C=CN=C(/C=C/[C@H]1NC(=O)O[C@@H]1c1ccccc1)c1cccnc1. The first-order chi connectivity index (χ1) is 11.8. The number of pyridine rings is 1. The first-order valence-corrected chi connectivity index (χ1v) is 7.57. The van der Waals surface area contributed by atoms with Crippen LogP contribution in [0.25, 0.3) is 0 Å². The van der Waals surface area contributed by atoms with E-state index < -0.39 is 6.09 Å². The zero-order valence-corrected chi connectivity index (χ0v) is 13.0. The van der Waals surface area contributed by atoms with Crippen molar-refractivity contribution in [2.24, 2.45) is 4.99 Å². The van der Waals surface area contributed by atoms with E-state index in [1.165, 1.54) is 6.20 Å². The molecule has 5 nitrogen and oxygen atoms in total. The quantitative estimate of drug-likeness (QED) is 0.859. The molecule has 2 aromatic rings. The van der Waals surface area contributed by atoms with Gasteiger partial charge in [-0.15, -0.1) is 0 Å². The van der Waals surface area contributed by atoms with Gasteiger partial charge in [-0.05, 0) is 23.8 Å². The summed E-state index contributed by atoms with van der Waals surface area (Å²) >= 11 is 0. The molecule has 0 aliphatic carbocycles. The number of allylic oxidation sites excluding steroid dienone is 1. The molecule has 1 saturated heterocycles. The van der Waals surface area contributed by atoms with Crippen molar-refractivity contribution < 1.29 is 9.53 Å². The fourth-order valence-electron chi connectivity index (χ4n) is 2.52. The molecule has 2 atom stereocenters. The lowest BCUT2D eigenvalue weighted by Crippen LogP contribution is -2.25. The van der Waals surface area contributed by atoms with E-state index in [0.29, 0.717) is 5.71 Å². The maximum Gasteiger partial charge on any atom is 0.408 e. The van der Waals surface area contributed by atoms with E-state index in [2.05, 4.69) is 21.9 Å². The third kappa shape index (κ3) is 3.57. The van der Waals surface area contributed by atoms with E-state index in [1.807, 2.05) is 54.6 Å². The molecule has 0 bridgehead atoms. The summed E-state index contributed by atoms with van der Waals surface area (Å²) in [6.45, 7) is 3.64. The second-order valence-electron chi connectivity index (χ2n) is 5.20. The lowest BCUT2D eigenvalue weighted by Gasteiger charge is -2.14. The van der Waals surface area contributed by atoms with Crippen molar-refractivity contribution in [2.45, 2.75) is 12.1 Å². The number of carbonyl (C=O) groups is 1. The Kier molecular flexibility index (Phi) is 4.81.